The lowest BCUT2D eigenvalue weighted by Gasteiger charge is -2.50. The van der Waals surface area contributed by atoms with Gasteiger partial charge in [0, 0.05) is 29.2 Å². The van der Waals surface area contributed by atoms with Gasteiger partial charge in [0.05, 0.1) is 9.85 Å². The van der Waals surface area contributed by atoms with Gasteiger partial charge in [0.25, 0.3) is 11.4 Å². The third-order valence-electron chi connectivity index (χ3n) is 5.93. The van der Waals surface area contributed by atoms with Crippen molar-refractivity contribution in [3.05, 3.63) is 90.5 Å². The molecule has 1 amide bonds. The van der Waals surface area contributed by atoms with Crippen LogP contribution in [0.2, 0.25) is 0 Å². The number of nitro groups is 2. The van der Waals surface area contributed by atoms with Crippen molar-refractivity contribution in [2.24, 2.45) is 5.92 Å². The van der Waals surface area contributed by atoms with Crippen LogP contribution in [0.25, 0.3) is 0 Å². The van der Waals surface area contributed by atoms with Gasteiger partial charge in [-0.25, -0.2) is 9.59 Å². The molecular formula is C24H21N3O10S2. The van der Waals surface area contributed by atoms with Gasteiger partial charge in [0.15, 0.2) is 0 Å². The van der Waals surface area contributed by atoms with Crippen molar-refractivity contribution in [1.82, 2.24) is 4.90 Å². The number of carbonyl (C=O) groups is 3. The number of β-lactam (4-membered cyclic amide) rings is 1. The number of benzene rings is 2. The second kappa shape index (κ2) is 11.7. The molecule has 2 aromatic carbocycles. The number of nitro benzene ring substituents is 2. The van der Waals surface area contributed by atoms with Gasteiger partial charge in [-0.2, -0.15) is 0 Å². The highest BCUT2D eigenvalue weighted by molar-refractivity contribution is 8.78. The fourth-order valence-corrected chi connectivity index (χ4v) is 6.72. The fraction of sp³-hybridized carbons (Fsp3) is 0.292. The molecule has 39 heavy (non-hydrogen) atoms. The molecule has 2 heterocycles. The van der Waals surface area contributed by atoms with Gasteiger partial charge in [-0.05, 0) is 49.2 Å². The SMILES string of the molecule is CC1=C(C(=O)OCc2ccc([N+](=O)[O-])cc2)N2C(=O)[C@H]([C@@H](C)OC(=O)OCc3ccc([N+](=O)[O-])cc3)[C@H]2SS1. The van der Waals surface area contributed by atoms with Crippen LogP contribution in [0.3, 0.4) is 0 Å². The van der Waals surface area contributed by atoms with Crippen LogP contribution < -0.4 is 0 Å². The minimum Gasteiger partial charge on any atom is -0.456 e. The van der Waals surface area contributed by atoms with E-state index in [-0.39, 0.29) is 30.3 Å². The molecule has 0 radical (unpaired) electrons. The number of allylic oxidation sites excluding steroid dienone is 1. The maximum Gasteiger partial charge on any atom is 0.508 e. The van der Waals surface area contributed by atoms with Gasteiger partial charge in [-0.15, -0.1) is 0 Å². The van der Waals surface area contributed by atoms with E-state index in [9.17, 15) is 34.6 Å². The summed E-state index contributed by atoms with van der Waals surface area (Å²) in [4.78, 5) is 60.5. The number of non-ortho nitro benzene ring substituents is 2. The minimum atomic E-state index is -1.00. The summed E-state index contributed by atoms with van der Waals surface area (Å²) >= 11 is 0. The molecule has 13 nitrogen and oxygen atoms in total. The topological polar surface area (TPSA) is 168 Å². The van der Waals surface area contributed by atoms with E-state index in [2.05, 4.69) is 0 Å². The molecule has 0 bridgehead atoms. The molecule has 204 valence electrons. The van der Waals surface area contributed by atoms with E-state index in [4.69, 9.17) is 14.2 Å². The first kappa shape index (κ1) is 27.9. The number of fused-ring (bicyclic) bond motifs is 1. The third kappa shape index (κ3) is 6.15. The Kier molecular flexibility index (Phi) is 8.40. The molecule has 0 aromatic heterocycles. The highest BCUT2D eigenvalue weighted by atomic mass is 33.1. The van der Waals surface area contributed by atoms with Crippen molar-refractivity contribution < 1.29 is 38.4 Å². The molecule has 3 atom stereocenters. The van der Waals surface area contributed by atoms with Crippen LogP contribution in [0.5, 0.6) is 0 Å². The smallest absolute Gasteiger partial charge is 0.456 e. The summed E-state index contributed by atoms with van der Waals surface area (Å²) in [5.41, 5.74) is 0.983. The molecule has 0 unspecified atom stereocenters. The first-order valence-electron chi connectivity index (χ1n) is 11.4. The number of ether oxygens (including phenoxy) is 3. The van der Waals surface area contributed by atoms with Gasteiger partial charge in [-0.3, -0.25) is 29.9 Å². The Morgan fingerprint density at radius 2 is 1.46 bits per heavy atom. The van der Waals surface area contributed by atoms with Gasteiger partial charge in [0.2, 0.25) is 5.91 Å². The van der Waals surface area contributed by atoms with E-state index in [1.54, 1.807) is 13.8 Å². The number of nitrogens with zero attached hydrogens (tertiary/aromatic N) is 3. The molecular weight excluding hydrogens is 554 g/mol. The number of rotatable bonds is 9. The van der Waals surface area contributed by atoms with Crippen LogP contribution in [0.15, 0.2) is 59.1 Å². The minimum absolute atomic E-state index is 0.0871. The molecule has 2 aliphatic heterocycles. The second-order valence-electron chi connectivity index (χ2n) is 8.49. The van der Waals surface area contributed by atoms with E-state index in [1.165, 1.54) is 75.0 Å². The molecule has 1 saturated heterocycles. The molecule has 4 rings (SSSR count). The Labute approximate surface area is 229 Å². The summed E-state index contributed by atoms with van der Waals surface area (Å²) in [6, 6.07) is 11.0. The Morgan fingerprint density at radius 1 is 0.949 bits per heavy atom. The Balaban J connectivity index is 1.31. The highest BCUT2D eigenvalue weighted by Crippen LogP contribution is 2.53. The van der Waals surface area contributed by atoms with Crippen LogP contribution in [-0.4, -0.2) is 44.3 Å². The molecule has 2 aromatic rings. The van der Waals surface area contributed by atoms with Gasteiger partial charge in [-0.1, -0.05) is 21.6 Å². The Hall–Kier alpha value is -4.11. The van der Waals surface area contributed by atoms with E-state index in [0.717, 1.165) is 0 Å². The Bertz CT molecular complexity index is 1350. The molecule has 0 aliphatic carbocycles. The number of esters is 1. The zero-order valence-corrected chi connectivity index (χ0v) is 22.1. The number of hydrogen-bond acceptors (Lipinski definition) is 12. The van der Waals surface area contributed by atoms with Crippen molar-refractivity contribution in [2.45, 2.75) is 38.5 Å². The zero-order valence-electron chi connectivity index (χ0n) is 20.5. The summed E-state index contributed by atoms with van der Waals surface area (Å²) in [5, 5.41) is 21.1. The van der Waals surface area contributed by atoms with Gasteiger partial charge in [0.1, 0.15) is 36.3 Å². The normalized spacial score (nSPS) is 18.9. The predicted molar refractivity (Wildman–Crippen MR) is 139 cm³/mol. The zero-order chi connectivity index (χ0) is 28.3. The Morgan fingerprint density at radius 3 is 1.97 bits per heavy atom. The van der Waals surface area contributed by atoms with Crippen LogP contribution in [0.1, 0.15) is 25.0 Å². The first-order chi connectivity index (χ1) is 18.6. The molecule has 0 N–H and O–H groups in total. The van der Waals surface area contributed by atoms with Crippen molar-refractivity contribution in [3.63, 3.8) is 0 Å². The molecule has 0 spiro atoms. The summed E-state index contributed by atoms with van der Waals surface area (Å²) in [7, 11) is 2.65. The molecule has 1 fully saturated rings. The average molecular weight is 576 g/mol. The van der Waals surface area contributed by atoms with Crippen LogP contribution in [0, 0.1) is 26.1 Å². The van der Waals surface area contributed by atoms with Crippen molar-refractivity contribution in [2.75, 3.05) is 0 Å². The molecule has 0 saturated carbocycles. The summed E-state index contributed by atoms with van der Waals surface area (Å²) in [6.07, 6.45) is -1.86. The second-order valence-corrected chi connectivity index (χ2v) is 11.0. The number of amides is 1. The van der Waals surface area contributed by atoms with E-state index >= 15 is 0 Å². The fourth-order valence-electron chi connectivity index (χ4n) is 3.88. The summed E-state index contributed by atoms with van der Waals surface area (Å²) < 4.78 is 15.7. The largest absolute Gasteiger partial charge is 0.508 e. The number of carbonyl (C=O) groups excluding carboxylic acids is 3. The standard InChI is InChI=1S/C24H21N3O10S2/c1-13(37-24(30)36-12-16-5-9-18(10-6-16)27(33)34)19-21(28)25-20(14(2)38-39-22(19)25)23(29)35-11-15-3-7-17(8-4-15)26(31)32/h3-10,13,19,22H,11-12H2,1-2H3/t13-,19+,22-/m1/s1. The average Bonchev–Trinajstić information content (AvgIpc) is 2.91. The lowest BCUT2D eigenvalue weighted by atomic mass is 9.91. The van der Waals surface area contributed by atoms with Crippen LogP contribution in [-0.2, 0) is 37.0 Å². The van der Waals surface area contributed by atoms with Crippen molar-refractivity contribution in [1.29, 1.82) is 0 Å². The maximum absolute atomic E-state index is 13.0. The van der Waals surface area contributed by atoms with Gasteiger partial charge >= 0.3 is 12.1 Å². The lowest BCUT2D eigenvalue weighted by molar-refractivity contribution is -0.385. The quantitative estimate of drug-likeness (QED) is 0.133. The van der Waals surface area contributed by atoms with Gasteiger partial charge < -0.3 is 14.2 Å². The maximum atomic E-state index is 13.0. The van der Waals surface area contributed by atoms with Crippen molar-refractivity contribution in [3.8, 4) is 0 Å². The van der Waals surface area contributed by atoms with Crippen molar-refractivity contribution >= 4 is 51.0 Å². The predicted octanol–water partition coefficient (Wildman–Crippen LogP) is 4.70. The molecule has 2 aliphatic rings. The third-order valence-corrected chi connectivity index (χ3v) is 8.80. The highest BCUT2D eigenvalue weighted by Gasteiger charge is 2.57. The lowest BCUT2D eigenvalue weighted by Crippen LogP contribution is -2.64. The molecule has 15 heteroatoms. The number of hydrogen-bond donors (Lipinski definition) is 0. The van der Waals surface area contributed by atoms with E-state index in [1.807, 2.05) is 0 Å². The van der Waals surface area contributed by atoms with E-state index < -0.39 is 45.3 Å². The van der Waals surface area contributed by atoms with Crippen LogP contribution in [0.4, 0.5) is 16.2 Å². The summed E-state index contributed by atoms with van der Waals surface area (Å²) in [5.74, 6) is -1.85. The van der Waals surface area contributed by atoms with E-state index in [0.29, 0.717) is 16.0 Å². The van der Waals surface area contributed by atoms with Crippen LogP contribution >= 0.6 is 21.6 Å². The first-order valence-corrected chi connectivity index (χ1v) is 13.6. The monoisotopic (exact) mass is 575 g/mol. The summed E-state index contributed by atoms with van der Waals surface area (Å²) in [6.45, 7) is 2.93.